The predicted octanol–water partition coefficient (Wildman–Crippen LogP) is 5.58. The zero-order valence-corrected chi connectivity index (χ0v) is 18.5. The van der Waals surface area contributed by atoms with E-state index in [0.717, 1.165) is 32.6 Å². The van der Waals surface area contributed by atoms with Crippen LogP contribution in [0.4, 0.5) is 5.69 Å². The van der Waals surface area contributed by atoms with Crippen LogP contribution < -0.4 is 4.90 Å². The number of carbonyl (C=O) groups is 1. The normalized spacial score (nSPS) is 19.2. The van der Waals surface area contributed by atoms with E-state index in [1.54, 1.807) is 5.57 Å². The van der Waals surface area contributed by atoms with E-state index in [0.29, 0.717) is 0 Å². The van der Waals surface area contributed by atoms with E-state index >= 15 is 0 Å². The van der Waals surface area contributed by atoms with E-state index in [2.05, 4.69) is 47.4 Å². The van der Waals surface area contributed by atoms with Crippen LogP contribution in [0.3, 0.4) is 0 Å². The molecule has 3 heteroatoms. The van der Waals surface area contributed by atoms with Crippen molar-refractivity contribution in [3.63, 3.8) is 0 Å². The van der Waals surface area contributed by atoms with Crippen LogP contribution in [-0.4, -0.2) is 37.0 Å². The standard InChI is InChI=1S/C27H32N2O/c1-27(2,3)26(30)29-16-14-28(15-17-29)21-10-13-23-20(18-21)9-12-24-22-7-5-4-6-19(22)8-11-25(23)24/h5,7,9-10,12-13,18H,4,6,8,11,14-17H2,1-3H3. The number of fused-ring (bicyclic) bond motifs is 4. The number of nitrogens with zero attached hydrogens (tertiary/aromatic N) is 2. The number of anilines is 1. The van der Waals surface area contributed by atoms with E-state index in [1.807, 2.05) is 25.7 Å². The van der Waals surface area contributed by atoms with Crippen LogP contribution in [-0.2, 0) is 11.2 Å². The fourth-order valence-corrected chi connectivity index (χ4v) is 5.27. The molecule has 2 aliphatic carbocycles. The number of piperazine rings is 1. The molecule has 1 amide bonds. The van der Waals surface area contributed by atoms with Crippen molar-refractivity contribution in [3.8, 4) is 0 Å². The topological polar surface area (TPSA) is 23.6 Å². The molecule has 0 unspecified atom stereocenters. The van der Waals surface area contributed by atoms with Gasteiger partial charge in [-0.15, -0.1) is 0 Å². The number of allylic oxidation sites excluding steroid dienone is 4. The highest BCUT2D eigenvalue weighted by molar-refractivity contribution is 5.95. The summed E-state index contributed by atoms with van der Waals surface area (Å²) in [5.41, 5.74) is 7.06. The van der Waals surface area contributed by atoms with E-state index < -0.39 is 0 Å². The Morgan fingerprint density at radius 1 is 0.933 bits per heavy atom. The molecule has 1 aliphatic heterocycles. The molecule has 0 atom stereocenters. The summed E-state index contributed by atoms with van der Waals surface area (Å²) in [6.07, 6.45) is 9.45. The molecule has 1 saturated heterocycles. The number of hydrogen-bond acceptors (Lipinski definition) is 2. The van der Waals surface area contributed by atoms with Gasteiger partial charge in [0.25, 0.3) is 0 Å². The zero-order chi connectivity index (χ0) is 20.9. The number of benzene rings is 2. The summed E-state index contributed by atoms with van der Waals surface area (Å²) < 4.78 is 0. The van der Waals surface area contributed by atoms with E-state index in [1.165, 1.54) is 52.4 Å². The first kappa shape index (κ1) is 19.4. The van der Waals surface area contributed by atoms with Crippen molar-refractivity contribution in [3.05, 3.63) is 59.2 Å². The highest BCUT2D eigenvalue weighted by Gasteiger charge is 2.30. The average molecular weight is 401 g/mol. The van der Waals surface area contributed by atoms with Gasteiger partial charge in [0.15, 0.2) is 0 Å². The SMILES string of the molecule is CC(C)(C)C(=O)N1CCN(c2ccc3c4c(ccc3c2)C2=C(CCC=C2)CC4)CC1. The van der Waals surface area contributed by atoms with Gasteiger partial charge < -0.3 is 9.80 Å². The van der Waals surface area contributed by atoms with Gasteiger partial charge in [-0.05, 0) is 65.3 Å². The molecular weight excluding hydrogens is 368 g/mol. The highest BCUT2D eigenvalue weighted by Crippen LogP contribution is 2.40. The van der Waals surface area contributed by atoms with Crippen LogP contribution in [0, 0.1) is 5.41 Å². The molecule has 0 saturated carbocycles. The third kappa shape index (κ3) is 3.34. The lowest BCUT2D eigenvalue weighted by Gasteiger charge is -2.38. The van der Waals surface area contributed by atoms with Crippen molar-refractivity contribution < 1.29 is 4.79 Å². The maximum Gasteiger partial charge on any atom is 0.228 e. The molecule has 2 aromatic rings. The Morgan fingerprint density at radius 3 is 2.50 bits per heavy atom. The van der Waals surface area contributed by atoms with Crippen LogP contribution in [0.2, 0.25) is 0 Å². The van der Waals surface area contributed by atoms with Crippen LogP contribution in [0.15, 0.2) is 48.1 Å². The fourth-order valence-electron chi connectivity index (χ4n) is 5.27. The molecule has 0 bridgehead atoms. The molecule has 0 spiro atoms. The van der Waals surface area contributed by atoms with Crippen molar-refractivity contribution in [2.75, 3.05) is 31.1 Å². The number of rotatable bonds is 1. The van der Waals surface area contributed by atoms with Crippen molar-refractivity contribution in [2.45, 2.75) is 46.5 Å². The van der Waals surface area contributed by atoms with Gasteiger partial charge in [0.1, 0.15) is 0 Å². The monoisotopic (exact) mass is 400 g/mol. The molecule has 1 fully saturated rings. The van der Waals surface area contributed by atoms with Crippen LogP contribution in [0.25, 0.3) is 16.3 Å². The van der Waals surface area contributed by atoms with Gasteiger partial charge in [0.05, 0.1) is 0 Å². The van der Waals surface area contributed by atoms with Crippen molar-refractivity contribution in [1.29, 1.82) is 0 Å². The molecule has 2 aromatic carbocycles. The van der Waals surface area contributed by atoms with Crippen LogP contribution in [0.5, 0.6) is 0 Å². The maximum atomic E-state index is 12.6. The Hall–Kier alpha value is -2.55. The van der Waals surface area contributed by atoms with Gasteiger partial charge in [-0.3, -0.25) is 4.79 Å². The number of hydrogen-bond donors (Lipinski definition) is 0. The minimum atomic E-state index is -0.299. The summed E-state index contributed by atoms with van der Waals surface area (Å²) in [5.74, 6) is 0.262. The third-order valence-corrected chi connectivity index (χ3v) is 6.93. The average Bonchev–Trinajstić information content (AvgIpc) is 2.77. The fraction of sp³-hybridized carbons (Fsp3) is 0.444. The second-order valence-corrected chi connectivity index (χ2v) is 9.98. The summed E-state index contributed by atoms with van der Waals surface area (Å²) in [6.45, 7) is 9.44. The first-order chi connectivity index (χ1) is 14.4. The second kappa shape index (κ2) is 7.30. The summed E-state index contributed by atoms with van der Waals surface area (Å²) >= 11 is 0. The molecule has 0 radical (unpaired) electrons. The zero-order valence-electron chi connectivity index (χ0n) is 18.5. The molecule has 0 aromatic heterocycles. The maximum absolute atomic E-state index is 12.6. The van der Waals surface area contributed by atoms with Crippen LogP contribution >= 0.6 is 0 Å². The highest BCUT2D eigenvalue weighted by atomic mass is 16.2. The minimum Gasteiger partial charge on any atom is -0.368 e. The summed E-state index contributed by atoms with van der Waals surface area (Å²) in [7, 11) is 0. The van der Waals surface area contributed by atoms with Crippen LogP contribution in [0.1, 0.15) is 51.2 Å². The van der Waals surface area contributed by atoms with Gasteiger partial charge in [0, 0.05) is 37.3 Å². The first-order valence-electron chi connectivity index (χ1n) is 11.4. The third-order valence-electron chi connectivity index (χ3n) is 6.93. The molecule has 0 N–H and O–H groups in total. The largest absolute Gasteiger partial charge is 0.368 e. The Morgan fingerprint density at radius 2 is 1.73 bits per heavy atom. The van der Waals surface area contributed by atoms with Gasteiger partial charge in [0.2, 0.25) is 5.91 Å². The Kier molecular flexibility index (Phi) is 4.72. The molecule has 1 heterocycles. The van der Waals surface area contributed by atoms with Crippen molar-refractivity contribution >= 4 is 27.9 Å². The quantitative estimate of drug-likeness (QED) is 0.623. The molecule has 156 valence electrons. The molecular formula is C27H32N2O. The Bertz CT molecular complexity index is 1060. The van der Waals surface area contributed by atoms with Crippen molar-refractivity contribution in [1.82, 2.24) is 4.90 Å². The minimum absolute atomic E-state index is 0.262. The number of aryl methyl sites for hydroxylation is 1. The van der Waals surface area contributed by atoms with Gasteiger partial charge in [-0.25, -0.2) is 0 Å². The number of amides is 1. The van der Waals surface area contributed by atoms with Crippen molar-refractivity contribution in [2.24, 2.45) is 5.41 Å². The smallest absolute Gasteiger partial charge is 0.228 e. The van der Waals surface area contributed by atoms with E-state index in [-0.39, 0.29) is 11.3 Å². The van der Waals surface area contributed by atoms with E-state index in [4.69, 9.17) is 0 Å². The summed E-state index contributed by atoms with van der Waals surface area (Å²) in [5, 5.41) is 2.74. The lowest BCUT2D eigenvalue weighted by Crippen LogP contribution is -2.51. The Balaban J connectivity index is 1.39. The molecule has 5 rings (SSSR count). The van der Waals surface area contributed by atoms with Gasteiger partial charge in [-0.1, -0.05) is 56.7 Å². The first-order valence-corrected chi connectivity index (χ1v) is 11.4. The predicted molar refractivity (Wildman–Crippen MR) is 126 cm³/mol. The molecule has 30 heavy (non-hydrogen) atoms. The number of carbonyl (C=O) groups excluding carboxylic acids is 1. The molecule has 3 aliphatic rings. The Labute approximate surface area is 180 Å². The van der Waals surface area contributed by atoms with E-state index in [9.17, 15) is 4.79 Å². The van der Waals surface area contributed by atoms with Gasteiger partial charge >= 0.3 is 0 Å². The summed E-state index contributed by atoms with van der Waals surface area (Å²) in [4.78, 5) is 17.0. The molecule has 3 nitrogen and oxygen atoms in total. The summed E-state index contributed by atoms with van der Waals surface area (Å²) in [6, 6.07) is 11.6. The lowest BCUT2D eigenvalue weighted by molar-refractivity contribution is -0.139. The lowest BCUT2D eigenvalue weighted by atomic mass is 9.79. The van der Waals surface area contributed by atoms with Gasteiger partial charge in [-0.2, -0.15) is 0 Å². The second-order valence-electron chi connectivity index (χ2n) is 9.98.